The standard InChI is InChI=1S/C20H20ClN3S/c1-4-15-9-10-18(21)17(11-15)19-13-25-20(23-19)24(3)22-12-16-8-6-5-7-14(16)2/h5-13H,4H2,1-3H3/b22-12+. The number of aryl methyl sites for hydroxylation is 2. The fourth-order valence-corrected chi connectivity index (χ4v) is 3.42. The maximum Gasteiger partial charge on any atom is 0.206 e. The minimum absolute atomic E-state index is 0.722. The van der Waals surface area contributed by atoms with Gasteiger partial charge in [-0.05, 0) is 42.2 Å². The van der Waals surface area contributed by atoms with Gasteiger partial charge >= 0.3 is 0 Å². The summed E-state index contributed by atoms with van der Waals surface area (Å²) in [4.78, 5) is 4.70. The predicted molar refractivity (Wildman–Crippen MR) is 109 cm³/mol. The van der Waals surface area contributed by atoms with E-state index in [0.29, 0.717) is 0 Å². The van der Waals surface area contributed by atoms with Gasteiger partial charge in [-0.1, -0.05) is 48.9 Å². The van der Waals surface area contributed by atoms with Crippen molar-refractivity contribution in [3.05, 3.63) is 69.6 Å². The van der Waals surface area contributed by atoms with E-state index < -0.39 is 0 Å². The van der Waals surface area contributed by atoms with Crippen molar-refractivity contribution in [2.75, 3.05) is 12.1 Å². The van der Waals surface area contributed by atoms with Crippen LogP contribution in [-0.4, -0.2) is 18.2 Å². The molecule has 0 amide bonds. The molecular weight excluding hydrogens is 350 g/mol. The second-order valence-corrected chi connectivity index (χ2v) is 7.05. The van der Waals surface area contributed by atoms with E-state index in [0.717, 1.165) is 33.4 Å². The van der Waals surface area contributed by atoms with Gasteiger partial charge in [-0.2, -0.15) is 5.10 Å². The number of rotatable bonds is 5. The molecule has 3 rings (SSSR count). The van der Waals surface area contributed by atoms with Crippen LogP contribution in [0.5, 0.6) is 0 Å². The van der Waals surface area contributed by atoms with Gasteiger partial charge in [0.15, 0.2) is 0 Å². The van der Waals surface area contributed by atoms with E-state index in [1.807, 2.05) is 36.8 Å². The Balaban J connectivity index is 1.83. The summed E-state index contributed by atoms with van der Waals surface area (Å²) in [5, 5.41) is 9.88. The molecule has 3 aromatic rings. The van der Waals surface area contributed by atoms with Crippen LogP contribution in [0.3, 0.4) is 0 Å². The van der Waals surface area contributed by atoms with Crippen molar-refractivity contribution in [1.29, 1.82) is 0 Å². The summed E-state index contributed by atoms with van der Waals surface area (Å²) in [5.41, 5.74) is 5.41. The first-order chi connectivity index (χ1) is 12.1. The first kappa shape index (κ1) is 17.6. The highest BCUT2D eigenvalue weighted by Crippen LogP contribution is 2.32. The minimum atomic E-state index is 0.722. The molecule has 0 saturated heterocycles. The predicted octanol–water partition coefficient (Wildman–Crippen LogP) is 5.80. The normalized spacial score (nSPS) is 11.2. The fourth-order valence-electron chi connectivity index (χ4n) is 2.46. The zero-order valence-corrected chi connectivity index (χ0v) is 16.1. The summed E-state index contributed by atoms with van der Waals surface area (Å²) in [7, 11) is 1.90. The van der Waals surface area contributed by atoms with Crippen molar-refractivity contribution in [3.63, 3.8) is 0 Å². The Morgan fingerprint density at radius 2 is 2.04 bits per heavy atom. The highest BCUT2D eigenvalue weighted by atomic mass is 35.5. The number of hydrogen-bond acceptors (Lipinski definition) is 4. The van der Waals surface area contributed by atoms with E-state index in [-0.39, 0.29) is 0 Å². The van der Waals surface area contributed by atoms with Crippen molar-refractivity contribution in [3.8, 4) is 11.3 Å². The van der Waals surface area contributed by atoms with Crippen molar-refractivity contribution in [2.45, 2.75) is 20.3 Å². The summed E-state index contributed by atoms with van der Waals surface area (Å²) < 4.78 is 0. The summed E-state index contributed by atoms with van der Waals surface area (Å²) in [6, 6.07) is 14.3. The van der Waals surface area contributed by atoms with Gasteiger partial charge in [0.05, 0.1) is 16.9 Å². The average molecular weight is 370 g/mol. The van der Waals surface area contributed by atoms with Crippen LogP contribution in [0, 0.1) is 6.92 Å². The molecule has 0 spiro atoms. The zero-order valence-electron chi connectivity index (χ0n) is 14.5. The molecule has 0 atom stereocenters. The Hall–Kier alpha value is -2.17. The highest BCUT2D eigenvalue weighted by Gasteiger charge is 2.11. The average Bonchev–Trinajstić information content (AvgIpc) is 3.11. The number of halogens is 1. The molecule has 0 bridgehead atoms. The number of aromatic nitrogens is 1. The number of thiazole rings is 1. The van der Waals surface area contributed by atoms with Crippen LogP contribution in [0.4, 0.5) is 5.13 Å². The van der Waals surface area contributed by atoms with E-state index in [9.17, 15) is 0 Å². The third kappa shape index (κ3) is 4.09. The summed E-state index contributed by atoms with van der Waals surface area (Å²) in [6.45, 7) is 4.21. The molecule has 128 valence electrons. The van der Waals surface area contributed by atoms with Crippen LogP contribution >= 0.6 is 22.9 Å². The Morgan fingerprint density at radius 3 is 2.80 bits per heavy atom. The van der Waals surface area contributed by atoms with Crippen molar-refractivity contribution in [1.82, 2.24) is 4.98 Å². The molecule has 0 N–H and O–H groups in total. The lowest BCUT2D eigenvalue weighted by Crippen LogP contribution is -2.08. The number of hydrazone groups is 1. The smallest absolute Gasteiger partial charge is 0.206 e. The Bertz CT molecular complexity index is 901. The van der Waals surface area contributed by atoms with Gasteiger partial charge in [-0.15, -0.1) is 11.3 Å². The highest BCUT2D eigenvalue weighted by molar-refractivity contribution is 7.14. The lowest BCUT2D eigenvalue weighted by Gasteiger charge is -2.09. The molecule has 5 heteroatoms. The summed E-state index contributed by atoms with van der Waals surface area (Å²) >= 11 is 7.91. The van der Waals surface area contributed by atoms with Crippen LogP contribution in [0.25, 0.3) is 11.3 Å². The fraction of sp³-hybridized carbons (Fsp3) is 0.200. The molecule has 1 aromatic heterocycles. The Morgan fingerprint density at radius 1 is 1.24 bits per heavy atom. The monoisotopic (exact) mass is 369 g/mol. The second-order valence-electron chi connectivity index (χ2n) is 5.81. The van der Waals surface area contributed by atoms with Gasteiger partial charge in [-0.3, -0.25) is 0 Å². The molecule has 3 nitrogen and oxygen atoms in total. The van der Waals surface area contributed by atoms with E-state index >= 15 is 0 Å². The number of hydrogen-bond donors (Lipinski definition) is 0. The van der Waals surface area contributed by atoms with Crippen LogP contribution in [0.2, 0.25) is 5.02 Å². The van der Waals surface area contributed by atoms with Crippen molar-refractivity contribution >= 4 is 34.3 Å². The molecule has 25 heavy (non-hydrogen) atoms. The van der Waals surface area contributed by atoms with E-state index in [4.69, 9.17) is 16.6 Å². The van der Waals surface area contributed by atoms with Gasteiger partial charge < -0.3 is 0 Å². The van der Waals surface area contributed by atoms with Gasteiger partial charge in [0.2, 0.25) is 5.13 Å². The van der Waals surface area contributed by atoms with Gasteiger partial charge in [0, 0.05) is 18.0 Å². The van der Waals surface area contributed by atoms with Crippen LogP contribution < -0.4 is 5.01 Å². The topological polar surface area (TPSA) is 28.5 Å². The molecule has 2 aromatic carbocycles. The van der Waals surface area contributed by atoms with Gasteiger partial charge in [0.1, 0.15) is 0 Å². The molecule has 1 heterocycles. The van der Waals surface area contributed by atoms with Gasteiger partial charge in [-0.25, -0.2) is 9.99 Å². The lowest BCUT2D eigenvalue weighted by atomic mass is 10.1. The van der Waals surface area contributed by atoms with Gasteiger partial charge in [0.25, 0.3) is 0 Å². The number of benzene rings is 2. The maximum absolute atomic E-state index is 6.36. The largest absolute Gasteiger partial charge is 0.242 e. The molecule has 0 radical (unpaired) electrons. The SMILES string of the molecule is CCc1ccc(Cl)c(-c2csc(N(C)/N=C/c3ccccc3C)n2)c1. The number of anilines is 1. The third-order valence-corrected chi connectivity index (χ3v) is 5.28. The van der Waals surface area contributed by atoms with Crippen LogP contribution in [-0.2, 0) is 6.42 Å². The number of nitrogens with zero attached hydrogens (tertiary/aromatic N) is 3. The van der Waals surface area contributed by atoms with E-state index in [1.165, 1.54) is 11.1 Å². The molecule has 0 aliphatic rings. The molecule has 0 aliphatic carbocycles. The molecule has 0 saturated carbocycles. The molecule has 0 fully saturated rings. The lowest BCUT2D eigenvalue weighted by molar-refractivity contribution is 1.01. The van der Waals surface area contributed by atoms with E-state index in [2.05, 4.69) is 43.2 Å². The summed E-state index contributed by atoms with van der Waals surface area (Å²) in [5.74, 6) is 0. The third-order valence-electron chi connectivity index (χ3n) is 4.04. The van der Waals surface area contributed by atoms with E-state index in [1.54, 1.807) is 16.3 Å². The zero-order chi connectivity index (χ0) is 17.8. The minimum Gasteiger partial charge on any atom is -0.242 e. The second kappa shape index (κ2) is 7.81. The first-order valence-corrected chi connectivity index (χ1v) is 9.42. The van der Waals surface area contributed by atoms with Crippen molar-refractivity contribution in [2.24, 2.45) is 5.10 Å². The molecule has 0 aliphatic heterocycles. The first-order valence-electron chi connectivity index (χ1n) is 8.16. The summed E-state index contributed by atoms with van der Waals surface area (Å²) in [6.07, 6.45) is 2.84. The Kier molecular flexibility index (Phi) is 5.51. The van der Waals surface area contributed by atoms with Crippen LogP contribution in [0.15, 0.2) is 52.9 Å². The van der Waals surface area contributed by atoms with Crippen LogP contribution in [0.1, 0.15) is 23.6 Å². The maximum atomic E-state index is 6.36. The molecule has 0 unspecified atom stereocenters. The van der Waals surface area contributed by atoms with Crippen molar-refractivity contribution < 1.29 is 0 Å². The Labute approximate surface area is 157 Å². The molecular formula is C20H20ClN3S. The quantitative estimate of drug-likeness (QED) is 0.419.